The van der Waals surface area contributed by atoms with Gasteiger partial charge >= 0.3 is 0 Å². The van der Waals surface area contributed by atoms with Gasteiger partial charge in [0.05, 0.1) is 0 Å². The Hall–Kier alpha value is -0.780. The van der Waals surface area contributed by atoms with E-state index in [1.165, 1.54) is 0 Å². The lowest BCUT2D eigenvalue weighted by Crippen LogP contribution is -2.10. The van der Waals surface area contributed by atoms with Gasteiger partial charge in [-0.05, 0) is 46.9 Å². The molecule has 1 rings (SSSR count). The number of hydrogen-bond acceptors (Lipinski definition) is 2. The van der Waals surface area contributed by atoms with Gasteiger partial charge < -0.3 is 10.5 Å². The molecule has 0 aliphatic heterocycles. The lowest BCUT2D eigenvalue weighted by molar-refractivity contribution is 0.100. The maximum Gasteiger partial charge on any atom is 0.248 e. The van der Waals surface area contributed by atoms with Crippen molar-refractivity contribution in [3.63, 3.8) is 0 Å². The number of carbonyl (C=O) groups excluding carboxylic acids is 1. The Morgan fingerprint density at radius 1 is 1.42 bits per heavy atom. The van der Waals surface area contributed by atoms with Gasteiger partial charge in [0.2, 0.25) is 5.91 Å². The summed E-state index contributed by atoms with van der Waals surface area (Å²) in [4.78, 5) is 10.7. The second-order valence-electron chi connectivity index (χ2n) is 2.14. The van der Waals surface area contributed by atoms with Crippen molar-refractivity contribution in [2.45, 2.75) is 0 Å². The molecule has 0 unspecified atom stereocenters. The van der Waals surface area contributed by atoms with Crippen molar-refractivity contribution in [3.05, 3.63) is 29.8 Å². The predicted octanol–water partition coefficient (Wildman–Crippen LogP) is 1.56. The molecule has 0 saturated carbocycles. The van der Waals surface area contributed by atoms with Crippen molar-refractivity contribution in [1.29, 1.82) is 0 Å². The van der Waals surface area contributed by atoms with E-state index in [4.69, 9.17) is 10.5 Å². The van der Waals surface area contributed by atoms with Crippen molar-refractivity contribution >= 4 is 28.5 Å². The van der Waals surface area contributed by atoms with Crippen LogP contribution in [0.15, 0.2) is 24.3 Å². The zero-order chi connectivity index (χ0) is 8.97. The molecule has 0 aromatic heterocycles. The highest BCUT2D eigenvalue weighted by Crippen LogP contribution is 2.12. The van der Waals surface area contributed by atoms with Crippen LogP contribution in [0.25, 0.3) is 0 Å². The Labute approximate surface area is 84.0 Å². The summed E-state index contributed by atoms with van der Waals surface area (Å²) in [6.45, 7) is 0. The fraction of sp³-hybridized carbons (Fsp3) is 0.125. The van der Waals surface area contributed by atoms with Crippen LogP contribution in [0.3, 0.4) is 0 Å². The number of amides is 1. The van der Waals surface area contributed by atoms with Gasteiger partial charge in [0.25, 0.3) is 0 Å². The zero-order valence-electron chi connectivity index (χ0n) is 6.29. The zero-order valence-corrected chi connectivity index (χ0v) is 8.45. The van der Waals surface area contributed by atoms with Crippen molar-refractivity contribution in [3.8, 4) is 5.75 Å². The minimum Gasteiger partial charge on any atom is -0.483 e. The summed E-state index contributed by atoms with van der Waals surface area (Å²) in [7, 11) is 0. The molecule has 1 aromatic rings. The summed E-state index contributed by atoms with van der Waals surface area (Å²) in [5, 5.41) is 0. The van der Waals surface area contributed by atoms with Gasteiger partial charge in [-0.25, -0.2) is 0 Å². The molecular formula is C8H8INO2. The van der Waals surface area contributed by atoms with Crippen LogP contribution in [0.5, 0.6) is 5.75 Å². The molecule has 0 atom stereocenters. The third-order valence-corrected chi connectivity index (χ3v) is 1.67. The lowest BCUT2D eigenvalue weighted by Gasteiger charge is -2.01. The van der Waals surface area contributed by atoms with E-state index in [1.54, 1.807) is 24.3 Å². The number of alkyl halides is 1. The molecule has 0 heterocycles. The van der Waals surface area contributed by atoms with Gasteiger partial charge in [-0.1, -0.05) is 0 Å². The van der Waals surface area contributed by atoms with Crippen molar-refractivity contribution in [1.82, 2.24) is 0 Å². The SMILES string of the molecule is NC(=O)c1ccc(OCI)cc1. The first kappa shape index (κ1) is 9.31. The van der Waals surface area contributed by atoms with E-state index < -0.39 is 5.91 Å². The van der Waals surface area contributed by atoms with Crippen LogP contribution >= 0.6 is 22.6 Å². The highest BCUT2D eigenvalue weighted by Gasteiger charge is 1.98. The first-order valence-corrected chi connectivity index (χ1v) is 4.85. The molecule has 0 aliphatic carbocycles. The third-order valence-electron chi connectivity index (χ3n) is 1.36. The van der Waals surface area contributed by atoms with Gasteiger partial charge in [-0.2, -0.15) is 0 Å². The Morgan fingerprint density at radius 2 is 2.00 bits per heavy atom. The highest BCUT2D eigenvalue weighted by atomic mass is 127. The number of nitrogens with two attached hydrogens (primary N) is 1. The Bertz CT molecular complexity index is 271. The monoisotopic (exact) mass is 277 g/mol. The van der Waals surface area contributed by atoms with Crippen molar-refractivity contribution in [2.24, 2.45) is 5.73 Å². The summed E-state index contributed by atoms with van der Waals surface area (Å²) in [5.74, 6) is 0.324. The molecule has 0 saturated heterocycles. The van der Waals surface area contributed by atoms with Gasteiger partial charge in [0.1, 0.15) is 10.4 Å². The van der Waals surface area contributed by atoms with Crippen LogP contribution in [-0.2, 0) is 0 Å². The molecule has 0 spiro atoms. The first-order chi connectivity index (χ1) is 5.74. The Kier molecular flexibility index (Phi) is 3.33. The van der Waals surface area contributed by atoms with E-state index in [-0.39, 0.29) is 0 Å². The standard InChI is InChI=1S/C8H8INO2/c9-5-12-7-3-1-6(2-4-7)8(10)11/h1-4H,5H2,(H2,10,11). The van der Waals surface area contributed by atoms with Gasteiger partial charge in [0, 0.05) is 5.56 Å². The minimum absolute atomic E-state index is 0.420. The summed E-state index contributed by atoms with van der Waals surface area (Å²) < 4.78 is 5.77. The molecule has 0 aliphatic rings. The first-order valence-electron chi connectivity index (χ1n) is 3.32. The molecule has 4 heteroatoms. The van der Waals surface area contributed by atoms with E-state index in [0.29, 0.717) is 10.2 Å². The van der Waals surface area contributed by atoms with Gasteiger partial charge in [-0.3, -0.25) is 4.79 Å². The van der Waals surface area contributed by atoms with Gasteiger partial charge in [0.15, 0.2) is 0 Å². The topological polar surface area (TPSA) is 52.3 Å². The molecule has 0 bridgehead atoms. The van der Waals surface area contributed by atoms with Crippen LogP contribution in [0, 0.1) is 0 Å². The maximum atomic E-state index is 10.7. The van der Waals surface area contributed by atoms with E-state index in [1.807, 2.05) is 0 Å². The molecule has 0 fully saturated rings. The molecular weight excluding hydrogens is 269 g/mol. The summed E-state index contributed by atoms with van der Waals surface area (Å²) in [6.07, 6.45) is 0. The number of carbonyl (C=O) groups is 1. The molecule has 0 radical (unpaired) electrons. The number of hydrogen-bond donors (Lipinski definition) is 1. The fourth-order valence-electron chi connectivity index (χ4n) is 0.778. The largest absolute Gasteiger partial charge is 0.483 e. The molecule has 12 heavy (non-hydrogen) atoms. The quantitative estimate of drug-likeness (QED) is 0.673. The van der Waals surface area contributed by atoms with E-state index in [9.17, 15) is 4.79 Å². The number of primary amides is 1. The predicted molar refractivity (Wildman–Crippen MR) is 54.5 cm³/mol. The van der Waals surface area contributed by atoms with E-state index >= 15 is 0 Å². The minimum atomic E-state index is -0.420. The van der Waals surface area contributed by atoms with E-state index in [0.717, 1.165) is 5.75 Å². The number of ether oxygens (including phenoxy) is 1. The van der Waals surface area contributed by atoms with Crippen LogP contribution in [0.1, 0.15) is 10.4 Å². The van der Waals surface area contributed by atoms with Crippen molar-refractivity contribution < 1.29 is 9.53 Å². The molecule has 1 amide bonds. The molecule has 2 N–H and O–H groups in total. The highest BCUT2D eigenvalue weighted by molar-refractivity contribution is 14.1. The number of benzene rings is 1. The number of halogens is 1. The second kappa shape index (κ2) is 4.30. The van der Waals surface area contributed by atoms with Gasteiger partial charge in [-0.15, -0.1) is 0 Å². The third kappa shape index (κ3) is 2.37. The van der Waals surface area contributed by atoms with Crippen LogP contribution < -0.4 is 10.5 Å². The maximum absolute atomic E-state index is 10.7. The van der Waals surface area contributed by atoms with Crippen molar-refractivity contribution in [2.75, 3.05) is 4.61 Å². The lowest BCUT2D eigenvalue weighted by atomic mass is 10.2. The summed E-state index contributed by atoms with van der Waals surface area (Å²) in [6, 6.07) is 6.73. The molecule has 3 nitrogen and oxygen atoms in total. The Morgan fingerprint density at radius 3 is 2.42 bits per heavy atom. The van der Waals surface area contributed by atoms with Crippen LogP contribution in [0.4, 0.5) is 0 Å². The smallest absolute Gasteiger partial charge is 0.248 e. The van der Waals surface area contributed by atoms with Crippen LogP contribution in [0.2, 0.25) is 0 Å². The van der Waals surface area contributed by atoms with E-state index in [2.05, 4.69) is 22.6 Å². The average Bonchev–Trinajstić information content (AvgIpc) is 2.06. The average molecular weight is 277 g/mol. The normalized spacial score (nSPS) is 9.42. The van der Waals surface area contributed by atoms with Crippen LogP contribution in [-0.4, -0.2) is 10.5 Å². The number of rotatable bonds is 3. The second-order valence-corrected chi connectivity index (χ2v) is 2.76. The summed E-state index contributed by atoms with van der Waals surface area (Å²) in [5.41, 5.74) is 5.55. The summed E-state index contributed by atoms with van der Waals surface area (Å²) >= 11 is 2.10. The Balaban J connectivity index is 2.78. The molecule has 64 valence electrons. The fourth-order valence-corrected chi connectivity index (χ4v) is 1.14. The molecule has 1 aromatic carbocycles.